The first-order valence-corrected chi connectivity index (χ1v) is 9.26. The van der Waals surface area contributed by atoms with Crippen molar-refractivity contribution in [3.8, 4) is 0 Å². The number of hydrogen-bond donors (Lipinski definition) is 1. The molecule has 4 rings (SSSR count). The van der Waals surface area contributed by atoms with E-state index in [1.54, 1.807) is 0 Å². The highest BCUT2D eigenvalue weighted by molar-refractivity contribution is 7.15. The van der Waals surface area contributed by atoms with E-state index in [-0.39, 0.29) is 5.91 Å². The minimum Gasteiger partial charge on any atom is -0.301 e. The minimum absolute atomic E-state index is 0.184. The number of carbonyl (C=O) groups excluding carboxylic acids is 1. The number of amides is 1. The van der Waals surface area contributed by atoms with Crippen molar-refractivity contribution < 1.29 is 18.0 Å². The van der Waals surface area contributed by atoms with E-state index in [9.17, 15) is 18.0 Å². The molecule has 2 heterocycles. The van der Waals surface area contributed by atoms with Gasteiger partial charge in [0.25, 0.3) is 0 Å². The molecule has 1 aliphatic carbocycles. The predicted octanol–water partition coefficient (Wildman–Crippen LogP) is 3.82. The van der Waals surface area contributed by atoms with Crippen LogP contribution in [0.5, 0.6) is 0 Å². The number of thiazole rings is 1. The number of benzene rings is 1. The van der Waals surface area contributed by atoms with Crippen LogP contribution in [0, 0.1) is 0 Å². The lowest BCUT2D eigenvalue weighted by Crippen LogP contribution is -2.28. The lowest BCUT2D eigenvalue weighted by molar-refractivity contribution is -0.137. The number of fused-ring (bicyclic) bond motifs is 1. The van der Waals surface area contributed by atoms with Crippen LogP contribution in [0.4, 0.5) is 18.3 Å². The molecule has 2 aromatic rings. The largest absolute Gasteiger partial charge is 0.416 e. The summed E-state index contributed by atoms with van der Waals surface area (Å²) in [6.07, 6.45) is -2.23. The second-order valence-electron chi connectivity index (χ2n) is 6.99. The van der Waals surface area contributed by atoms with Gasteiger partial charge in [0.1, 0.15) is 0 Å². The highest BCUT2D eigenvalue weighted by Gasteiger charge is 2.51. The number of alkyl halides is 3. The molecule has 1 aliphatic heterocycles. The van der Waals surface area contributed by atoms with Gasteiger partial charge in [-0.25, -0.2) is 4.98 Å². The number of rotatable bonds is 3. The van der Waals surface area contributed by atoms with E-state index in [2.05, 4.69) is 15.2 Å². The second-order valence-corrected chi connectivity index (χ2v) is 8.07. The lowest BCUT2D eigenvalue weighted by atomic mass is 9.94. The molecule has 1 amide bonds. The zero-order valence-electron chi connectivity index (χ0n) is 14.2. The predicted molar refractivity (Wildman–Crippen MR) is 93.1 cm³/mol. The van der Waals surface area contributed by atoms with Gasteiger partial charge in [-0.05, 0) is 37.6 Å². The molecule has 1 N–H and O–H groups in total. The fourth-order valence-corrected chi connectivity index (χ4v) is 4.43. The highest BCUT2D eigenvalue weighted by Crippen LogP contribution is 2.49. The van der Waals surface area contributed by atoms with Crippen molar-refractivity contribution >= 4 is 22.4 Å². The molecule has 0 spiro atoms. The molecule has 8 heteroatoms. The number of anilines is 1. The Labute approximate surface area is 153 Å². The molecule has 0 bridgehead atoms. The van der Waals surface area contributed by atoms with Crippen molar-refractivity contribution in [2.24, 2.45) is 0 Å². The summed E-state index contributed by atoms with van der Waals surface area (Å²) < 4.78 is 38.2. The second kappa shape index (κ2) is 6.06. The molecule has 0 unspecified atom stereocenters. The molecule has 0 saturated heterocycles. The van der Waals surface area contributed by atoms with E-state index in [4.69, 9.17) is 0 Å². The molecular weight excluding hydrogens is 363 g/mol. The molecule has 1 saturated carbocycles. The number of likely N-dealkylation sites (N-methyl/N-ethyl adjacent to an activating group) is 1. The van der Waals surface area contributed by atoms with Gasteiger partial charge in [0.2, 0.25) is 5.91 Å². The van der Waals surface area contributed by atoms with Crippen LogP contribution in [-0.2, 0) is 29.4 Å². The molecule has 4 nitrogen and oxygen atoms in total. The zero-order chi connectivity index (χ0) is 18.5. The zero-order valence-corrected chi connectivity index (χ0v) is 15.0. The highest BCUT2D eigenvalue weighted by atomic mass is 32.1. The Morgan fingerprint density at radius 2 is 1.96 bits per heavy atom. The quantitative estimate of drug-likeness (QED) is 0.879. The summed E-state index contributed by atoms with van der Waals surface area (Å²) in [7, 11) is 2.05. The summed E-state index contributed by atoms with van der Waals surface area (Å²) in [6, 6.07) is 4.91. The summed E-state index contributed by atoms with van der Waals surface area (Å²) in [5, 5.41) is 3.47. The number of aromatic nitrogens is 1. The van der Waals surface area contributed by atoms with E-state index in [1.165, 1.54) is 23.5 Å². The summed E-state index contributed by atoms with van der Waals surface area (Å²) >= 11 is 1.48. The minimum atomic E-state index is -4.37. The molecule has 0 radical (unpaired) electrons. The molecular formula is C18H18F3N3OS. The van der Waals surface area contributed by atoms with Crippen LogP contribution >= 0.6 is 11.3 Å². The Morgan fingerprint density at radius 1 is 1.27 bits per heavy atom. The Balaban J connectivity index is 1.51. The fraction of sp³-hybridized carbons (Fsp3) is 0.444. The van der Waals surface area contributed by atoms with Gasteiger partial charge in [0.05, 0.1) is 16.7 Å². The lowest BCUT2D eigenvalue weighted by Gasteiger charge is -2.20. The van der Waals surface area contributed by atoms with E-state index in [0.29, 0.717) is 23.5 Å². The van der Waals surface area contributed by atoms with Crippen molar-refractivity contribution in [1.82, 2.24) is 9.88 Å². The van der Waals surface area contributed by atoms with Crippen molar-refractivity contribution in [2.75, 3.05) is 18.9 Å². The van der Waals surface area contributed by atoms with Gasteiger partial charge in [-0.3, -0.25) is 4.79 Å². The van der Waals surface area contributed by atoms with Crippen molar-refractivity contribution in [3.63, 3.8) is 0 Å². The van der Waals surface area contributed by atoms with Gasteiger partial charge in [-0.1, -0.05) is 12.1 Å². The van der Waals surface area contributed by atoms with E-state index < -0.39 is 17.2 Å². The maximum absolute atomic E-state index is 12.8. The van der Waals surface area contributed by atoms with Crippen LogP contribution in [0.25, 0.3) is 0 Å². The number of carbonyl (C=O) groups is 1. The van der Waals surface area contributed by atoms with Gasteiger partial charge >= 0.3 is 6.18 Å². The van der Waals surface area contributed by atoms with Crippen molar-refractivity contribution in [1.29, 1.82) is 0 Å². The normalized spacial score (nSPS) is 19.1. The number of halogens is 3. The first-order valence-electron chi connectivity index (χ1n) is 8.44. The van der Waals surface area contributed by atoms with Crippen LogP contribution in [-0.4, -0.2) is 29.4 Å². The standard InChI is InChI=1S/C18H18F3N3OS/c1-24-9-6-13-14(10-24)26-16(22-13)23-15(25)17(7-8-17)11-2-4-12(5-3-11)18(19,20)21/h2-5H,6-10H2,1H3,(H,22,23,25). The number of nitrogens with zero attached hydrogens (tertiary/aromatic N) is 2. The SMILES string of the molecule is CN1CCc2nc(NC(=O)C3(c4ccc(C(F)(F)F)cc4)CC3)sc2C1. The van der Waals surface area contributed by atoms with Gasteiger partial charge < -0.3 is 10.2 Å². The van der Waals surface area contributed by atoms with Crippen LogP contribution in [0.2, 0.25) is 0 Å². The van der Waals surface area contributed by atoms with Crippen LogP contribution in [0.15, 0.2) is 24.3 Å². The summed E-state index contributed by atoms with van der Waals surface area (Å²) in [5.74, 6) is -0.184. The molecule has 138 valence electrons. The Morgan fingerprint density at radius 3 is 2.58 bits per heavy atom. The molecule has 2 aliphatic rings. The van der Waals surface area contributed by atoms with E-state index >= 15 is 0 Å². The molecule has 0 atom stereocenters. The van der Waals surface area contributed by atoms with Crippen molar-refractivity contribution in [3.05, 3.63) is 46.0 Å². The van der Waals surface area contributed by atoms with Crippen LogP contribution in [0.1, 0.15) is 34.5 Å². The van der Waals surface area contributed by atoms with E-state index in [0.717, 1.165) is 42.2 Å². The first-order chi connectivity index (χ1) is 12.3. The fourth-order valence-electron chi connectivity index (χ4n) is 3.34. The first kappa shape index (κ1) is 17.5. The molecule has 26 heavy (non-hydrogen) atoms. The topological polar surface area (TPSA) is 45.2 Å². The van der Waals surface area contributed by atoms with E-state index in [1.807, 2.05) is 7.05 Å². The molecule has 1 aromatic carbocycles. The molecule has 1 aromatic heterocycles. The maximum Gasteiger partial charge on any atom is 0.416 e. The summed E-state index contributed by atoms with van der Waals surface area (Å²) in [5.41, 5.74) is 0.230. The van der Waals surface area contributed by atoms with Crippen LogP contribution < -0.4 is 5.32 Å². The average Bonchev–Trinajstić information content (AvgIpc) is 3.30. The Hall–Kier alpha value is -1.93. The number of nitrogens with one attached hydrogen (secondary N) is 1. The van der Waals surface area contributed by atoms with Gasteiger partial charge in [0.15, 0.2) is 5.13 Å². The summed E-state index contributed by atoms with van der Waals surface area (Å²) in [4.78, 5) is 20.7. The van der Waals surface area contributed by atoms with Crippen LogP contribution in [0.3, 0.4) is 0 Å². The van der Waals surface area contributed by atoms with Gasteiger partial charge in [-0.15, -0.1) is 11.3 Å². The Bertz CT molecular complexity index is 840. The number of hydrogen-bond acceptors (Lipinski definition) is 4. The maximum atomic E-state index is 12.8. The molecule has 1 fully saturated rings. The smallest absolute Gasteiger partial charge is 0.301 e. The third-order valence-electron chi connectivity index (χ3n) is 5.09. The third kappa shape index (κ3) is 3.12. The summed E-state index contributed by atoms with van der Waals surface area (Å²) in [6.45, 7) is 1.77. The third-order valence-corrected chi connectivity index (χ3v) is 6.09. The van der Waals surface area contributed by atoms with Gasteiger partial charge in [0, 0.05) is 24.4 Å². The van der Waals surface area contributed by atoms with Crippen molar-refractivity contribution in [2.45, 2.75) is 37.4 Å². The van der Waals surface area contributed by atoms with Gasteiger partial charge in [-0.2, -0.15) is 13.2 Å². The Kier molecular flexibility index (Phi) is 4.07. The average molecular weight is 381 g/mol. The monoisotopic (exact) mass is 381 g/mol.